The Labute approximate surface area is 43.2 Å². The highest BCUT2D eigenvalue weighted by atomic mass is 32.1. The molecule has 0 radical (unpaired) electrons. The van der Waals surface area contributed by atoms with Gasteiger partial charge < -0.3 is 9.79 Å². The highest BCUT2D eigenvalue weighted by Crippen LogP contribution is 2.49. The van der Waals surface area contributed by atoms with E-state index in [2.05, 4.69) is 0 Å². The van der Waals surface area contributed by atoms with Gasteiger partial charge in [0.05, 0.1) is 0 Å². The smallest absolute Gasteiger partial charge is 0.318 e. The van der Waals surface area contributed by atoms with E-state index in [1.54, 1.807) is 6.92 Å². The van der Waals surface area contributed by atoms with Crippen molar-refractivity contribution < 1.29 is 14.4 Å². The number of rotatable bonds is 1. The number of hydrogen-bond donors (Lipinski definition) is 2. The molecule has 3 nitrogen and oxygen atoms in total. The van der Waals surface area contributed by atoms with Gasteiger partial charge in [0.25, 0.3) is 0 Å². The van der Waals surface area contributed by atoms with Crippen LogP contribution in [0, 0.1) is 0 Å². The van der Waals surface area contributed by atoms with E-state index in [-0.39, 0.29) is 7.89 Å². The van der Waals surface area contributed by atoms with Gasteiger partial charge in [-0.15, -0.1) is 0 Å². The molecule has 0 aromatic carbocycles. The maximum Gasteiger partial charge on any atom is 0.372 e. The van der Waals surface area contributed by atoms with Crippen molar-refractivity contribution in [2.24, 2.45) is 0 Å². The minimum absolute atomic E-state index is 0.0980. The van der Waals surface area contributed by atoms with Crippen LogP contribution in [0.5, 0.6) is 0 Å². The second kappa shape index (κ2) is 2.58. The molecule has 0 rings (SSSR count). The summed E-state index contributed by atoms with van der Waals surface area (Å²) in [6.07, 6.45) is 0. The summed E-state index contributed by atoms with van der Waals surface area (Å²) < 4.78 is 9.88. The van der Waals surface area contributed by atoms with Crippen LogP contribution in [0.25, 0.3) is 0 Å². The van der Waals surface area contributed by atoms with Crippen LogP contribution in [0.1, 0.15) is 6.92 Å². The first-order chi connectivity index (χ1) is 3.06. The molecule has 0 aliphatic rings. The van der Waals surface area contributed by atoms with Gasteiger partial charge in [-0.25, -0.2) is 0 Å². The molecule has 0 atom stereocenters. The summed E-state index contributed by atoms with van der Waals surface area (Å²) in [6.45, 7) is 1.60. The Hall–Kier alpha value is 0.320. The molecule has 0 bridgehead atoms. The molecule has 0 aromatic rings. The monoisotopic (exact) mass is 140 g/mol. The molecule has 0 saturated carbocycles. The normalized spacial score (nSPS) is 13.0. The van der Waals surface area contributed by atoms with Crippen LogP contribution in [0.2, 0.25) is 0 Å². The van der Waals surface area contributed by atoms with E-state index >= 15 is 0 Å². The Morgan fingerprint density at radius 1 is 1.71 bits per heavy atom. The minimum Gasteiger partial charge on any atom is -0.318 e. The van der Waals surface area contributed by atoms with Crippen molar-refractivity contribution in [1.29, 1.82) is 0 Å². The predicted octanol–water partition coefficient (Wildman–Crippen LogP) is 0.847. The fourth-order valence-corrected chi connectivity index (χ4v) is 1.35. The van der Waals surface area contributed by atoms with E-state index in [0.717, 1.165) is 0 Å². The second-order valence-corrected chi connectivity index (χ2v) is 4.92. The molecule has 7 heavy (non-hydrogen) atoms. The van der Waals surface area contributed by atoms with E-state index in [9.17, 15) is 4.57 Å². The molecule has 0 aliphatic carbocycles. The summed E-state index contributed by atoms with van der Waals surface area (Å²) in [7, 11) is -3.65. The van der Waals surface area contributed by atoms with Crippen molar-refractivity contribution >= 4 is 21.0 Å². The lowest BCUT2D eigenvalue weighted by Crippen LogP contribution is -1.59. The Morgan fingerprint density at radius 2 is 2.14 bits per heavy atom. The van der Waals surface area contributed by atoms with Crippen molar-refractivity contribution in [2.75, 3.05) is 0 Å². The molecule has 0 heterocycles. The molecule has 42 valence electrons. The van der Waals surface area contributed by atoms with Gasteiger partial charge in [0.2, 0.25) is 0 Å². The first-order valence-corrected chi connectivity index (χ1v) is 4.90. The lowest BCUT2D eigenvalue weighted by atomic mass is 11.0. The quantitative estimate of drug-likeness (QED) is 0.530. The second-order valence-electron chi connectivity index (χ2n) is 0.887. The van der Waals surface area contributed by atoms with E-state index in [1.165, 1.54) is 5.80 Å². The van der Waals surface area contributed by atoms with Crippen LogP contribution in [0.4, 0.5) is 0 Å². The van der Waals surface area contributed by atoms with Crippen LogP contribution in [-0.4, -0.2) is 15.6 Å². The highest BCUT2D eigenvalue weighted by molar-refractivity contribution is 8.18. The van der Waals surface area contributed by atoms with Crippen molar-refractivity contribution in [3.05, 3.63) is 0 Å². The topological polar surface area (TPSA) is 57.5 Å². The summed E-state index contributed by atoms with van der Waals surface area (Å²) >= 11 is 0. The fraction of sp³-hybridized carbons (Fsp3) is 0.500. The Kier molecular flexibility index (Phi) is 2.70. The van der Waals surface area contributed by atoms with Gasteiger partial charge in [0, 0.05) is 7.89 Å². The molecule has 0 aliphatic heterocycles. The van der Waals surface area contributed by atoms with Crippen molar-refractivity contribution in [3.63, 3.8) is 0 Å². The van der Waals surface area contributed by atoms with Gasteiger partial charge in [-0.1, -0.05) is 5.80 Å². The van der Waals surface area contributed by atoms with Crippen molar-refractivity contribution in [2.45, 2.75) is 6.92 Å². The van der Waals surface area contributed by atoms with Crippen molar-refractivity contribution in [1.82, 2.24) is 0 Å². The molecule has 0 fully saturated rings. The highest BCUT2D eigenvalue weighted by Gasteiger charge is 2.03. The SMILES string of the molecule is CC=PP(=O)(O)O. The van der Waals surface area contributed by atoms with E-state index in [4.69, 9.17) is 9.79 Å². The van der Waals surface area contributed by atoms with Crippen LogP contribution >= 0.6 is 15.2 Å². The lowest BCUT2D eigenvalue weighted by Gasteiger charge is -1.88. The van der Waals surface area contributed by atoms with E-state index in [0.29, 0.717) is 0 Å². The Morgan fingerprint density at radius 3 is 2.14 bits per heavy atom. The average Bonchev–Trinajstić information content (AvgIpc) is 1.30. The molecule has 0 unspecified atom stereocenters. The Balaban J connectivity index is 3.82. The summed E-state index contributed by atoms with van der Waals surface area (Å²) in [5.41, 5.74) is 0. The third-order valence-corrected chi connectivity index (χ3v) is 2.39. The molecule has 0 amide bonds. The first-order valence-electron chi connectivity index (χ1n) is 1.62. The van der Waals surface area contributed by atoms with Gasteiger partial charge in [-0.2, -0.15) is 0 Å². The molecule has 0 aromatic heterocycles. The molecule has 2 N–H and O–H groups in total. The van der Waals surface area contributed by atoms with Crippen LogP contribution in [0.15, 0.2) is 0 Å². The summed E-state index contributed by atoms with van der Waals surface area (Å²) in [6, 6.07) is 0. The summed E-state index contributed by atoms with van der Waals surface area (Å²) in [4.78, 5) is 16.2. The van der Waals surface area contributed by atoms with E-state index in [1.807, 2.05) is 0 Å². The summed E-state index contributed by atoms with van der Waals surface area (Å²) in [5.74, 6) is 1.42. The largest absolute Gasteiger partial charge is 0.372 e. The lowest BCUT2D eigenvalue weighted by molar-refractivity contribution is 0.396. The molecular formula is C2H6O3P2. The fourth-order valence-electron chi connectivity index (χ4n) is 0.150. The van der Waals surface area contributed by atoms with Gasteiger partial charge >= 0.3 is 7.28 Å². The summed E-state index contributed by atoms with van der Waals surface area (Å²) in [5, 5.41) is 0. The zero-order chi connectivity index (χ0) is 5.91. The third-order valence-electron chi connectivity index (χ3n) is 0.266. The maximum atomic E-state index is 9.88. The van der Waals surface area contributed by atoms with Gasteiger partial charge in [0.1, 0.15) is 0 Å². The zero-order valence-electron chi connectivity index (χ0n) is 3.77. The zero-order valence-corrected chi connectivity index (χ0v) is 5.56. The Bertz CT molecular complexity index is 112. The van der Waals surface area contributed by atoms with Gasteiger partial charge in [-0.05, 0) is 6.92 Å². The third kappa shape index (κ3) is 6.32. The first kappa shape index (κ1) is 7.32. The minimum atomic E-state index is -3.75. The molecular weight excluding hydrogens is 134 g/mol. The van der Waals surface area contributed by atoms with Crippen LogP contribution in [0.3, 0.4) is 0 Å². The van der Waals surface area contributed by atoms with Crippen molar-refractivity contribution in [3.8, 4) is 0 Å². The molecule has 5 heteroatoms. The van der Waals surface area contributed by atoms with E-state index < -0.39 is 7.28 Å². The number of hydrogen-bond acceptors (Lipinski definition) is 1. The standard InChI is InChI=1S/C2H6O3P2/c1-2-6-7(3,4)5/h2H,1H3,(H2,3,4,5). The van der Waals surface area contributed by atoms with Gasteiger partial charge in [0.15, 0.2) is 0 Å². The average molecular weight is 140 g/mol. The predicted molar refractivity (Wildman–Crippen MR) is 30.7 cm³/mol. The molecule has 0 spiro atoms. The van der Waals surface area contributed by atoms with Gasteiger partial charge in [-0.3, -0.25) is 4.57 Å². The molecule has 0 saturated heterocycles. The van der Waals surface area contributed by atoms with Crippen LogP contribution in [-0.2, 0) is 4.57 Å². The maximum absolute atomic E-state index is 9.88. The van der Waals surface area contributed by atoms with Crippen LogP contribution < -0.4 is 0 Å².